The Labute approximate surface area is 127 Å². The minimum atomic E-state index is -0.142. The number of benzene rings is 3. The topological polar surface area (TPSA) is 52.0 Å². The van der Waals surface area contributed by atoms with E-state index in [2.05, 4.69) is 48.5 Å². The van der Waals surface area contributed by atoms with E-state index in [9.17, 15) is 0 Å². The number of hydrogen-bond donors (Lipinski definition) is 2. The molecule has 0 aliphatic heterocycles. The molecule has 0 aromatic heterocycles. The number of nitrogen functional groups attached to an aromatic ring is 2. The zero-order chi connectivity index (χ0) is 14.7. The lowest BCUT2D eigenvalue weighted by Crippen LogP contribution is -2.05. The van der Waals surface area contributed by atoms with Crippen molar-refractivity contribution in [2.45, 2.75) is 14.7 Å². The smallest absolute Gasteiger partial charge is 0.166 e. The third-order valence-electron chi connectivity index (χ3n) is 3.21. The van der Waals surface area contributed by atoms with E-state index in [1.54, 1.807) is 0 Å². The summed E-state index contributed by atoms with van der Waals surface area (Å²) in [5.41, 5.74) is 13.2. The van der Waals surface area contributed by atoms with Gasteiger partial charge in [-0.2, -0.15) is 0 Å². The minimum Gasteiger partial charge on any atom is -0.399 e. The molecular weight excluding hydrogens is 276 g/mol. The van der Waals surface area contributed by atoms with Crippen molar-refractivity contribution in [2.75, 3.05) is 11.5 Å². The lowest BCUT2D eigenvalue weighted by Gasteiger charge is -2.08. The predicted octanol–water partition coefficient (Wildman–Crippen LogP) is 3.95. The van der Waals surface area contributed by atoms with Gasteiger partial charge in [0.25, 0.3) is 0 Å². The third kappa shape index (κ3) is 3.03. The molecule has 0 atom stereocenters. The second-order valence-electron chi connectivity index (χ2n) is 4.76. The molecule has 0 spiro atoms. The second kappa shape index (κ2) is 5.94. The summed E-state index contributed by atoms with van der Waals surface area (Å²) in [6.45, 7) is 0. The van der Waals surface area contributed by atoms with Crippen LogP contribution in [0.25, 0.3) is 0 Å². The first kappa shape index (κ1) is 13.6. The maximum Gasteiger partial charge on any atom is 0.166 e. The van der Waals surface area contributed by atoms with Gasteiger partial charge in [-0.3, -0.25) is 0 Å². The highest BCUT2D eigenvalue weighted by molar-refractivity contribution is 7.97. The van der Waals surface area contributed by atoms with Crippen LogP contribution in [-0.2, 0) is 10.9 Å². The zero-order valence-electron chi connectivity index (χ0n) is 11.6. The molecule has 3 heteroatoms. The monoisotopic (exact) mass is 293 g/mol. The molecule has 0 aliphatic rings. The quantitative estimate of drug-likeness (QED) is 0.567. The molecule has 0 heterocycles. The summed E-state index contributed by atoms with van der Waals surface area (Å²) in [5.74, 6) is 0. The summed E-state index contributed by atoms with van der Waals surface area (Å²) in [4.78, 5) is 3.78. The van der Waals surface area contributed by atoms with Crippen LogP contribution in [0.1, 0.15) is 0 Å². The first-order chi connectivity index (χ1) is 10.2. The standard InChI is InChI=1S/C18H17N2S/c19-14-6-10-17(11-7-14)21(16-4-2-1-3-5-16)18-12-8-15(20)9-13-18/h1-13H,19-20H2/q+1. The number of hydrogen-bond acceptors (Lipinski definition) is 2. The molecule has 21 heavy (non-hydrogen) atoms. The molecule has 0 fully saturated rings. The maximum atomic E-state index is 5.81. The molecule has 0 bridgehead atoms. The van der Waals surface area contributed by atoms with Crippen LogP contribution in [0.3, 0.4) is 0 Å². The van der Waals surface area contributed by atoms with Crippen LogP contribution < -0.4 is 11.5 Å². The molecule has 0 unspecified atom stereocenters. The van der Waals surface area contributed by atoms with Crippen LogP contribution in [0.5, 0.6) is 0 Å². The van der Waals surface area contributed by atoms with Gasteiger partial charge in [-0.25, -0.2) is 0 Å². The molecule has 3 rings (SSSR count). The molecule has 4 N–H and O–H groups in total. The van der Waals surface area contributed by atoms with Crippen molar-refractivity contribution in [3.05, 3.63) is 78.9 Å². The van der Waals surface area contributed by atoms with Crippen molar-refractivity contribution < 1.29 is 0 Å². The van der Waals surface area contributed by atoms with Gasteiger partial charge in [0.1, 0.15) is 0 Å². The van der Waals surface area contributed by atoms with E-state index in [-0.39, 0.29) is 10.9 Å². The zero-order valence-corrected chi connectivity index (χ0v) is 12.4. The van der Waals surface area contributed by atoms with Crippen LogP contribution in [0, 0.1) is 0 Å². The Balaban J connectivity index is 2.11. The van der Waals surface area contributed by atoms with Crippen molar-refractivity contribution in [2.24, 2.45) is 0 Å². The predicted molar refractivity (Wildman–Crippen MR) is 90.3 cm³/mol. The molecule has 0 aliphatic carbocycles. The van der Waals surface area contributed by atoms with Crippen molar-refractivity contribution in [3.8, 4) is 0 Å². The Kier molecular flexibility index (Phi) is 3.84. The van der Waals surface area contributed by atoms with Gasteiger partial charge in [-0.15, -0.1) is 0 Å². The van der Waals surface area contributed by atoms with E-state index in [1.807, 2.05) is 30.3 Å². The first-order valence-electron chi connectivity index (χ1n) is 6.74. The van der Waals surface area contributed by atoms with E-state index in [0.717, 1.165) is 11.4 Å². The van der Waals surface area contributed by atoms with Crippen molar-refractivity contribution >= 4 is 22.3 Å². The Morgan fingerprint density at radius 3 is 1.29 bits per heavy atom. The van der Waals surface area contributed by atoms with E-state index < -0.39 is 0 Å². The SMILES string of the molecule is Nc1ccc([S+](c2ccccc2)c2ccc(N)cc2)cc1. The van der Waals surface area contributed by atoms with Crippen LogP contribution in [0.15, 0.2) is 93.5 Å². The van der Waals surface area contributed by atoms with Crippen LogP contribution in [-0.4, -0.2) is 0 Å². The maximum absolute atomic E-state index is 5.81. The molecular formula is C18H17N2S+. The summed E-state index contributed by atoms with van der Waals surface area (Å²) in [6, 6.07) is 26.7. The number of anilines is 2. The van der Waals surface area contributed by atoms with Gasteiger partial charge in [-0.05, 0) is 60.7 Å². The number of rotatable bonds is 3. The van der Waals surface area contributed by atoms with Gasteiger partial charge >= 0.3 is 0 Å². The normalized spacial score (nSPS) is 10.7. The molecule has 3 aromatic carbocycles. The highest BCUT2D eigenvalue weighted by Crippen LogP contribution is 2.31. The first-order valence-corrected chi connectivity index (χ1v) is 7.97. The molecule has 104 valence electrons. The fourth-order valence-corrected chi connectivity index (χ4v) is 4.23. The lowest BCUT2D eigenvalue weighted by molar-refractivity contribution is 1.32. The molecule has 0 saturated carbocycles. The summed E-state index contributed by atoms with van der Waals surface area (Å²) < 4.78 is 0. The van der Waals surface area contributed by atoms with Gasteiger partial charge in [-0.1, -0.05) is 18.2 Å². The Morgan fingerprint density at radius 1 is 0.476 bits per heavy atom. The Morgan fingerprint density at radius 2 is 0.857 bits per heavy atom. The van der Waals surface area contributed by atoms with Crippen LogP contribution in [0.2, 0.25) is 0 Å². The van der Waals surface area contributed by atoms with Crippen LogP contribution >= 0.6 is 0 Å². The fourth-order valence-electron chi connectivity index (χ4n) is 2.17. The summed E-state index contributed by atoms with van der Waals surface area (Å²) in [5, 5.41) is 0. The van der Waals surface area contributed by atoms with Gasteiger partial charge in [0.05, 0.1) is 10.9 Å². The van der Waals surface area contributed by atoms with E-state index in [0.29, 0.717) is 0 Å². The highest BCUT2D eigenvalue weighted by Gasteiger charge is 2.28. The Hall–Kier alpha value is -2.39. The summed E-state index contributed by atoms with van der Waals surface area (Å²) in [7, 11) is -0.142. The van der Waals surface area contributed by atoms with Gasteiger partial charge in [0, 0.05) is 11.4 Å². The van der Waals surface area contributed by atoms with Gasteiger partial charge in [0.2, 0.25) is 0 Å². The molecule has 0 saturated heterocycles. The van der Waals surface area contributed by atoms with Crippen molar-refractivity contribution in [3.63, 3.8) is 0 Å². The fraction of sp³-hybridized carbons (Fsp3) is 0. The molecule has 0 amide bonds. The average Bonchev–Trinajstić information content (AvgIpc) is 2.52. The van der Waals surface area contributed by atoms with E-state index in [1.165, 1.54) is 14.7 Å². The second-order valence-corrected chi connectivity index (χ2v) is 6.78. The van der Waals surface area contributed by atoms with E-state index in [4.69, 9.17) is 11.5 Å². The molecule has 2 nitrogen and oxygen atoms in total. The number of nitrogens with two attached hydrogens (primary N) is 2. The Bertz CT molecular complexity index is 661. The van der Waals surface area contributed by atoms with Gasteiger partial charge < -0.3 is 11.5 Å². The highest BCUT2D eigenvalue weighted by atomic mass is 32.2. The third-order valence-corrected chi connectivity index (χ3v) is 5.44. The van der Waals surface area contributed by atoms with Crippen molar-refractivity contribution in [1.82, 2.24) is 0 Å². The summed E-state index contributed by atoms with van der Waals surface area (Å²) in [6.07, 6.45) is 0. The van der Waals surface area contributed by atoms with E-state index >= 15 is 0 Å². The summed E-state index contributed by atoms with van der Waals surface area (Å²) >= 11 is 0. The lowest BCUT2D eigenvalue weighted by atomic mass is 10.3. The van der Waals surface area contributed by atoms with Gasteiger partial charge in [0.15, 0.2) is 14.7 Å². The van der Waals surface area contributed by atoms with Crippen LogP contribution in [0.4, 0.5) is 11.4 Å². The molecule has 3 aromatic rings. The van der Waals surface area contributed by atoms with Crippen molar-refractivity contribution in [1.29, 1.82) is 0 Å². The minimum absolute atomic E-state index is 0.142. The average molecular weight is 293 g/mol. The largest absolute Gasteiger partial charge is 0.399 e. The molecule has 0 radical (unpaired) electrons.